The SMILES string of the molecule is COc1cc(C(N2CCC2)=[N+]2CCC2)ccc1C(=O)N1CCN(S(=O)(=O)c2cc3ccc(Cl)cc3s2)CC1. The van der Waals surface area contributed by atoms with Gasteiger partial charge in [0, 0.05) is 48.7 Å². The molecule has 3 aliphatic heterocycles. The van der Waals surface area contributed by atoms with E-state index in [4.69, 9.17) is 16.3 Å². The number of piperazine rings is 1. The number of carbonyl (C=O) groups excluding carboxylic acids is 1. The molecule has 2 aromatic carbocycles. The third kappa shape index (κ3) is 4.57. The topological polar surface area (TPSA) is 73.2 Å². The fourth-order valence-corrected chi connectivity index (χ4v) is 8.42. The molecule has 6 rings (SSSR count). The van der Waals surface area contributed by atoms with Crippen molar-refractivity contribution in [2.45, 2.75) is 17.1 Å². The highest BCUT2D eigenvalue weighted by molar-refractivity contribution is 7.91. The summed E-state index contributed by atoms with van der Waals surface area (Å²) in [4.78, 5) is 17.6. The third-order valence-corrected chi connectivity index (χ3v) is 11.3. The van der Waals surface area contributed by atoms with Crippen LogP contribution in [0.1, 0.15) is 28.8 Å². The third-order valence-electron chi connectivity index (χ3n) is 7.58. The van der Waals surface area contributed by atoms with Crippen molar-refractivity contribution in [2.75, 3.05) is 59.5 Å². The average molecular weight is 574 g/mol. The first-order valence-corrected chi connectivity index (χ1v) is 15.5. The molecule has 3 fully saturated rings. The second kappa shape index (κ2) is 10.1. The molecule has 200 valence electrons. The van der Waals surface area contributed by atoms with Gasteiger partial charge in [-0.1, -0.05) is 17.7 Å². The summed E-state index contributed by atoms with van der Waals surface area (Å²) in [6.45, 7) is 5.33. The zero-order valence-corrected chi connectivity index (χ0v) is 23.6. The molecule has 3 aromatic rings. The number of hydrogen-bond donors (Lipinski definition) is 0. The highest BCUT2D eigenvalue weighted by atomic mass is 35.5. The summed E-state index contributed by atoms with van der Waals surface area (Å²) in [6.07, 6.45) is 2.40. The Balaban J connectivity index is 1.17. The molecule has 0 radical (unpaired) electrons. The van der Waals surface area contributed by atoms with Crippen LogP contribution in [0.5, 0.6) is 5.75 Å². The standard InChI is InChI=1S/C27H30ClN4O4S2/c1-36-23-16-20(26(29-8-2-9-29)30-10-3-11-30)5-7-22(23)27(33)31-12-14-32(15-13-31)38(34,35)25-17-19-4-6-21(28)18-24(19)37-25/h4-7,16-18H,2-3,8-15H2,1H3/q+1. The Morgan fingerprint density at radius 3 is 2.34 bits per heavy atom. The summed E-state index contributed by atoms with van der Waals surface area (Å²) >= 11 is 7.29. The van der Waals surface area contributed by atoms with Crippen molar-refractivity contribution in [3.63, 3.8) is 0 Å². The van der Waals surface area contributed by atoms with E-state index in [0.29, 0.717) is 33.6 Å². The lowest BCUT2D eigenvalue weighted by atomic mass is 10.0. The quantitative estimate of drug-likeness (QED) is 0.345. The number of thiophene rings is 1. The minimum absolute atomic E-state index is 0.142. The largest absolute Gasteiger partial charge is 0.496 e. The Hall–Kier alpha value is -2.66. The molecule has 1 aromatic heterocycles. The van der Waals surface area contributed by atoms with Crippen LogP contribution >= 0.6 is 22.9 Å². The highest BCUT2D eigenvalue weighted by Crippen LogP contribution is 2.33. The van der Waals surface area contributed by atoms with Gasteiger partial charge in [-0.25, -0.2) is 8.42 Å². The number of sulfonamides is 1. The van der Waals surface area contributed by atoms with Crippen LogP contribution in [0.2, 0.25) is 5.02 Å². The number of carbonyl (C=O) groups is 1. The van der Waals surface area contributed by atoms with Gasteiger partial charge in [-0.3, -0.25) is 14.3 Å². The predicted octanol–water partition coefficient (Wildman–Crippen LogP) is 3.58. The Morgan fingerprint density at radius 2 is 1.71 bits per heavy atom. The van der Waals surface area contributed by atoms with E-state index in [1.807, 2.05) is 24.3 Å². The molecule has 0 N–H and O–H groups in total. The molecule has 0 aliphatic carbocycles. The fraction of sp³-hybridized carbons (Fsp3) is 0.407. The molecule has 0 bridgehead atoms. The minimum Gasteiger partial charge on any atom is -0.496 e. The van der Waals surface area contributed by atoms with E-state index in [1.165, 1.54) is 34.3 Å². The van der Waals surface area contributed by atoms with Gasteiger partial charge in [0.2, 0.25) is 0 Å². The lowest BCUT2D eigenvalue weighted by Gasteiger charge is -2.34. The van der Waals surface area contributed by atoms with Crippen molar-refractivity contribution in [3.8, 4) is 5.75 Å². The van der Waals surface area contributed by atoms with E-state index in [1.54, 1.807) is 30.2 Å². The van der Waals surface area contributed by atoms with Crippen molar-refractivity contribution >= 4 is 54.8 Å². The number of fused-ring (bicyclic) bond motifs is 1. The second-order valence-corrected chi connectivity index (χ2v) is 13.5. The van der Waals surface area contributed by atoms with Gasteiger partial charge in [-0.15, -0.1) is 11.3 Å². The average Bonchev–Trinajstić information content (AvgIpc) is 3.29. The number of hydrogen-bond acceptors (Lipinski definition) is 5. The second-order valence-electron chi connectivity index (χ2n) is 9.86. The summed E-state index contributed by atoms with van der Waals surface area (Å²) in [5.41, 5.74) is 1.57. The molecular formula is C27H30ClN4O4S2+. The lowest BCUT2D eigenvalue weighted by molar-refractivity contribution is -0.587. The monoisotopic (exact) mass is 573 g/mol. The number of likely N-dealkylation sites (tertiary alicyclic amines) is 1. The first-order chi connectivity index (χ1) is 18.3. The van der Waals surface area contributed by atoms with Crippen LogP contribution in [0, 0.1) is 0 Å². The van der Waals surface area contributed by atoms with Gasteiger partial charge >= 0.3 is 0 Å². The van der Waals surface area contributed by atoms with Crippen LogP contribution in [0.3, 0.4) is 0 Å². The Morgan fingerprint density at radius 1 is 0.947 bits per heavy atom. The maximum Gasteiger partial charge on any atom is 0.279 e. The van der Waals surface area contributed by atoms with E-state index in [2.05, 4.69) is 9.48 Å². The van der Waals surface area contributed by atoms with E-state index in [0.717, 1.165) is 41.8 Å². The van der Waals surface area contributed by atoms with Gasteiger partial charge in [0.15, 0.2) is 0 Å². The molecule has 0 saturated carbocycles. The van der Waals surface area contributed by atoms with E-state index < -0.39 is 10.0 Å². The van der Waals surface area contributed by atoms with Gasteiger partial charge in [-0.05, 0) is 41.8 Å². The summed E-state index contributed by atoms with van der Waals surface area (Å²) in [7, 11) is -2.07. The smallest absolute Gasteiger partial charge is 0.279 e. The van der Waals surface area contributed by atoms with Crippen LogP contribution in [-0.2, 0) is 10.0 Å². The molecule has 8 nitrogen and oxygen atoms in total. The summed E-state index contributed by atoms with van der Waals surface area (Å²) in [6, 6.07) is 12.9. The molecule has 0 unspecified atom stereocenters. The normalized spacial score (nSPS) is 18.3. The van der Waals surface area contributed by atoms with Gasteiger partial charge in [0.25, 0.3) is 21.8 Å². The predicted molar refractivity (Wildman–Crippen MR) is 149 cm³/mol. The van der Waals surface area contributed by atoms with Crippen LogP contribution in [0.25, 0.3) is 10.1 Å². The van der Waals surface area contributed by atoms with Crippen molar-refractivity contribution < 1.29 is 22.5 Å². The van der Waals surface area contributed by atoms with Crippen LogP contribution < -0.4 is 4.74 Å². The number of amidine groups is 1. The van der Waals surface area contributed by atoms with Crippen LogP contribution in [0.15, 0.2) is 46.7 Å². The van der Waals surface area contributed by atoms with Gasteiger partial charge in [-0.2, -0.15) is 4.31 Å². The lowest BCUT2D eigenvalue weighted by Crippen LogP contribution is -2.50. The summed E-state index contributed by atoms with van der Waals surface area (Å²) in [5.74, 6) is 1.63. The maximum atomic E-state index is 13.5. The first-order valence-electron chi connectivity index (χ1n) is 12.9. The first kappa shape index (κ1) is 25.6. The number of benzene rings is 2. The Bertz CT molecular complexity index is 1530. The van der Waals surface area contributed by atoms with Crippen LogP contribution in [-0.4, -0.2) is 98.3 Å². The molecular weight excluding hydrogens is 544 g/mol. The molecule has 3 saturated heterocycles. The van der Waals surface area contributed by atoms with E-state index in [9.17, 15) is 13.2 Å². The molecule has 11 heteroatoms. The highest BCUT2D eigenvalue weighted by Gasteiger charge is 2.35. The molecule has 38 heavy (non-hydrogen) atoms. The minimum atomic E-state index is -3.65. The molecule has 3 aliphatic rings. The molecule has 4 heterocycles. The van der Waals surface area contributed by atoms with E-state index >= 15 is 0 Å². The fourth-order valence-electron chi connectivity index (χ4n) is 5.17. The number of amides is 1. The molecule has 0 atom stereocenters. The van der Waals surface area contributed by atoms with Crippen LogP contribution in [0.4, 0.5) is 0 Å². The number of rotatable bonds is 5. The van der Waals surface area contributed by atoms with E-state index in [-0.39, 0.29) is 19.0 Å². The van der Waals surface area contributed by atoms with Crippen molar-refractivity contribution in [2.24, 2.45) is 0 Å². The zero-order chi connectivity index (χ0) is 26.4. The summed E-state index contributed by atoms with van der Waals surface area (Å²) < 4.78 is 37.3. The van der Waals surface area contributed by atoms with Gasteiger partial charge < -0.3 is 9.64 Å². The number of nitrogens with zero attached hydrogens (tertiary/aromatic N) is 4. The van der Waals surface area contributed by atoms with Crippen molar-refractivity contribution in [1.82, 2.24) is 14.1 Å². The molecule has 0 spiro atoms. The number of halogens is 1. The zero-order valence-electron chi connectivity index (χ0n) is 21.2. The Labute approximate surface area is 231 Å². The summed E-state index contributed by atoms with van der Waals surface area (Å²) in [5, 5.41) is 1.43. The van der Waals surface area contributed by atoms with Gasteiger partial charge in [0.1, 0.15) is 9.96 Å². The van der Waals surface area contributed by atoms with Crippen molar-refractivity contribution in [3.05, 3.63) is 58.6 Å². The Kier molecular flexibility index (Phi) is 6.84. The van der Waals surface area contributed by atoms with Crippen molar-refractivity contribution in [1.29, 1.82) is 0 Å². The van der Waals surface area contributed by atoms with Gasteiger partial charge in [0.05, 0.1) is 44.4 Å². The molecule has 1 amide bonds. The number of methoxy groups -OCH3 is 1. The maximum absolute atomic E-state index is 13.5. The number of ether oxygens (including phenoxy) is 1.